The number of fused-ring (bicyclic) bond motifs is 1. The zero-order valence-electron chi connectivity index (χ0n) is 11.6. The summed E-state index contributed by atoms with van der Waals surface area (Å²) in [6, 6.07) is 14.9. The van der Waals surface area contributed by atoms with Gasteiger partial charge in [-0.3, -0.25) is 9.78 Å². The number of aryl methyl sites for hydroxylation is 1. The van der Waals surface area contributed by atoms with Gasteiger partial charge in [0.1, 0.15) is 0 Å². The molecule has 4 nitrogen and oxygen atoms in total. The van der Waals surface area contributed by atoms with Gasteiger partial charge in [-0.1, -0.05) is 24.3 Å². The van der Waals surface area contributed by atoms with E-state index >= 15 is 0 Å². The first-order valence-corrected chi connectivity index (χ1v) is 6.66. The van der Waals surface area contributed by atoms with Crippen LogP contribution in [0, 0.1) is 6.92 Å². The number of nitrogens with two attached hydrogens (primary N) is 1. The van der Waals surface area contributed by atoms with Crippen LogP contribution in [0.1, 0.15) is 15.9 Å². The van der Waals surface area contributed by atoms with Crippen LogP contribution in [0.3, 0.4) is 0 Å². The van der Waals surface area contributed by atoms with Gasteiger partial charge in [0.05, 0.1) is 22.5 Å². The number of pyridine rings is 1. The van der Waals surface area contributed by atoms with Gasteiger partial charge < -0.3 is 11.1 Å². The van der Waals surface area contributed by atoms with E-state index in [9.17, 15) is 4.79 Å². The Kier molecular flexibility index (Phi) is 3.28. The predicted octanol–water partition coefficient (Wildman–Crippen LogP) is 3.38. The largest absolute Gasteiger partial charge is 0.397 e. The van der Waals surface area contributed by atoms with E-state index in [-0.39, 0.29) is 5.91 Å². The van der Waals surface area contributed by atoms with E-state index in [1.807, 2.05) is 43.3 Å². The third kappa shape index (κ3) is 2.56. The average Bonchev–Trinajstić information content (AvgIpc) is 2.50. The lowest BCUT2D eigenvalue weighted by Crippen LogP contribution is -2.14. The van der Waals surface area contributed by atoms with Crippen LogP contribution in [0.4, 0.5) is 11.4 Å². The molecule has 21 heavy (non-hydrogen) atoms. The average molecular weight is 277 g/mol. The lowest BCUT2D eigenvalue weighted by atomic mass is 10.1. The van der Waals surface area contributed by atoms with Crippen molar-refractivity contribution < 1.29 is 4.79 Å². The van der Waals surface area contributed by atoms with E-state index in [4.69, 9.17) is 5.73 Å². The highest BCUT2D eigenvalue weighted by molar-refractivity contribution is 6.12. The van der Waals surface area contributed by atoms with Crippen molar-refractivity contribution in [1.82, 2.24) is 4.98 Å². The zero-order chi connectivity index (χ0) is 14.8. The molecule has 1 aromatic heterocycles. The van der Waals surface area contributed by atoms with Crippen LogP contribution in [-0.4, -0.2) is 10.9 Å². The van der Waals surface area contributed by atoms with Crippen LogP contribution in [0.2, 0.25) is 0 Å². The molecule has 2 aromatic carbocycles. The number of amides is 1. The number of nitrogen functional groups attached to an aromatic ring is 1. The molecule has 1 heterocycles. The van der Waals surface area contributed by atoms with Gasteiger partial charge in [0.2, 0.25) is 0 Å². The van der Waals surface area contributed by atoms with Crippen LogP contribution >= 0.6 is 0 Å². The second-order valence-electron chi connectivity index (χ2n) is 4.93. The number of carbonyl (C=O) groups is 1. The van der Waals surface area contributed by atoms with Gasteiger partial charge in [-0.25, -0.2) is 0 Å². The molecule has 3 rings (SSSR count). The summed E-state index contributed by atoms with van der Waals surface area (Å²) in [6.45, 7) is 1.95. The Morgan fingerprint density at radius 2 is 1.95 bits per heavy atom. The first kappa shape index (κ1) is 13.1. The van der Waals surface area contributed by atoms with Crippen LogP contribution in [-0.2, 0) is 0 Å². The second kappa shape index (κ2) is 5.25. The Morgan fingerprint density at radius 3 is 2.81 bits per heavy atom. The first-order valence-electron chi connectivity index (χ1n) is 6.66. The van der Waals surface area contributed by atoms with Crippen molar-refractivity contribution in [3.63, 3.8) is 0 Å². The molecule has 0 fully saturated rings. The summed E-state index contributed by atoms with van der Waals surface area (Å²) in [5, 5.41) is 3.79. The van der Waals surface area contributed by atoms with E-state index in [0.29, 0.717) is 22.5 Å². The molecule has 0 unspecified atom stereocenters. The summed E-state index contributed by atoms with van der Waals surface area (Å²) in [4.78, 5) is 16.8. The molecule has 4 heteroatoms. The Bertz CT molecular complexity index is 822. The van der Waals surface area contributed by atoms with Crippen molar-refractivity contribution in [2.75, 3.05) is 11.1 Å². The third-order valence-electron chi connectivity index (χ3n) is 3.33. The molecule has 0 aliphatic heterocycles. The Balaban J connectivity index is 1.99. The minimum Gasteiger partial charge on any atom is -0.397 e. The molecule has 0 spiro atoms. The Hall–Kier alpha value is -2.88. The number of nitrogens with zero attached hydrogens (tertiary/aromatic N) is 1. The van der Waals surface area contributed by atoms with Crippen molar-refractivity contribution in [1.29, 1.82) is 0 Å². The normalized spacial score (nSPS) is 10.5. The standard InChI is InChI=1S/C17H15N3O/c1-11-7-8-14(18)15(10-11)20-17(21)13-6-2-4-12-5-3-9-19-16(12)13/h2-10H,18H2,1H3,(H,20,21). The van der Waals surface area contributed by atoms with E-state index in [1.165, 1.54) is 0 Å². The number of nitrogens with one attached hydrogen (secondary N) is 1. The maximum atomic E-state index is 12.5. The molecule has 0 aliphatic carbocycles. The smallest absolute Gasteiger partial charge is 0.257 e. The molecule has 0 saturated carbocycles. The summed E-state index contributed by atoms with van der Waals surface area (Å²) in [6.07, 6.45) is 1.68. The fourth-order valence-corrected chi connectivity index (χ4v) is 2.26. The highest BCUT2D eigenvalue weighted by Crippen LogP contribution is 2.22. The highest BCUT2D eigenvalue weighted by atomic mass is 16.1. The predicted molar refractivity (Wildman–Crippen MR) is 85.3 cm³/mol. The second-order valence-corrected chi connectivity index (χ2v) is 4.93. The van der Waals surface area contributed by atoms with E-state index in [2.05, 4.69) is 10.3 Å². The van der Waals surface area contributed by atoms with Crippen LogP contribution in [0.5, 0.6) is 0 Å². The quantitative estimate of drug-likeness (QED) is 0.706. The van der Waals surface area contributed by atoms with Gasteiger partial charge in [0, 0.05) is 11.6 Å². The summed E-state index contributed by atoms with van der Waals surface area (Å²) in [5.41, 5.74) is 9.32. The van der Waals surface area contributed by atoms with E-state index in [1.54, 1.807) is 18.3 Å². The number of anilines is 2. The van der Waals surface area contributed by atoms with Crippen LogP contribution in [0.25, 0.3) is 10.9 Å². The number of para-hydroxylation sites is 1. The molecular weight excluding hydrogens is 262 g/mol. The van der Waals surface area contributed by atoms with Gasteiger partial charge in [-0.05, 0) is 36.8 Å². The number of hydrogen-bond donors (Lipinski definition) is 2. The molecular formula is C17H15N3O. The van der Waals surface area contributed by atoms with Crippen molar-refractivity contribution >= 4 is 28.2 Å². The molecule has 0 saturated heterocycles. The molecule has 1 amide bonds. The maximum Gasteiger partial charge on any atom is 0.257 e. The minimum atomic E-state index is -0.211. The van der Waals surface area contributed by atoms with E-state index < -0.39 is 0 Å². The first-order chi connectivity index (χ1) is 10.1. The monoisotopic (exact) mass is 277 g/mol. The molecule has 3 aromatic rings. The number of benzene rings is 2. The van der Waals surface area contributed by atoms with Gasteiger partial charge in [0.25, 0.3) is 5.91 Å². The molecule has 0 atom stereocenters. The van der Waals surface area contributed by atoms with Crippen molar-refractivity contribution in [2.24, 2.45) is 0 Å². The van der Waals surface area contributed by atoms with Gasteiger partial charge >= 0.3 is 0 Å². The van der Waals surface area contributed by atoms with Gasteiger partial charge in [-0.2, -0.15) is 0 Å². The lowest BCUT2D eigenvalue weighted by Gasteiger charge is -2.10. The highest BCUT2D eigenvalue weighted by Gasteiger charge is 2.12. The maximum absolute atomic E-state index is 12.5. The number of aromatic nitrogens is 1. The van der Waals surface area contributed by atoms with Crippen LogP contribution < -0.4 is 11.1 Å². The Labute approximate surface area is 122 Å². The van der Waals surface area contributed by atoms with E-state index in [0.717, 1.165) is 10.9 Å². The molecule has 0 radical (unpaired) electrons. The summed E-state index contributed by atoms with van der Waals surface area (Å²) >= 11 is 0. The third-order valence-corrected chi connectivity index (χ3v) is 3.33. The van der Waals surface area contributed by atoms with Crippen molar-refractivity contribution in [3.8, 4) is 0 Å². The topological polar surface area (TPSA) is 68.0 Å². The van der Waals surface area contributed by atoms with Crippen LogP contribution in [0.15, 0.2) is 54.7 Å². The molecule has 0 bridgehead atoms. The number of rotatable bonds is 2. The molecule has 104 valence electrons. The van der Waals surface area contributed by atoms with Crippen molar-refractivity contribution in [2.45, 2.75) is 6.92 Å². The molecule has 0 aliphatic rings. The summed E-state index contributed by atoms with van der Waals surface area (Å²) in [5.74, 6) is -0.211. The van der Waals surface area contributed by atoms with Crippen molar-refractivity contribution in [3.05, 3.63) is 65.9 Å². The Morgan fingerprint density at radius 1 is 1.14 bits per heavy atom. The van der Waals surface area contributed by atoms with Gasteiger partial charge in [-0.15, -0.1) is 0 Å². The molecule has 3 N–H and O–H groups in total. The summed E-state index contributed by atoms with van der Waals surface area (Å²) < 4.78 is 0. The SMILES string of the molecule is Cc1ccc(N)c(NC(=O)c2cccc3cccnc23)c1. The number of hydrogen-bond acceptors (Lipinski definition) is 3. The minimum absolute atomic E-state index is 0.211. The number of carbonyl (C=O) groups excluding carboxylic acids is 1. The lowest BCUT2D eigenvalue weighted by molar-refractivity contribution is 0.102. The zero-order valence-corrected chi connectivity index (χ0v) is 11.6. The van der Waals surface area contributed by atoms with Gasteiger partial charge in [0.15, 0.2) is 0 Å². The fourth-order valence-electron chi connectivity index (χ4n) is 2.26. The fraction of sp³-hybridized carbons (Fsp3) is 0.0588. The summed E-state index contributed by atoms with van der Waals surface area (Å²) in [7, 11) is 0.